The van der Waals surface area contributed by atoms with Crippen LogP contribution in [0.25, 0.3) is 0 Å². The molecule has 2 aromatic carbocycles. The molecule has 2 amide bonds. The minimum Gasteiger partial charge on any atom is -0.494 e. The third-order valence-corrected chi connectivity index (χ3v) is 7.33. The quantitative estimate of drug-likeness (QED) is 0.366. The molecule has 11 heteroatoms. The minimum absolute atomic E-state index is 0.0406. The number of carbonyl (C=O) groups is 2. The number of carbonyl (C=O) groups excluding carboxylic acids is 2. The summed E-state index contributed by atoms with van der Waals surface area (Å²) in [5, 5.41) is 3.51. The molecule has 0 saturated carbocycles. The summed E-state index contributed by atoms with van der Waals surface area (Å²) < 4.78 is 31.7. The normalized spacial score (nSPS) is 12.1. The number of anilines is 1. The van der Waals surface area contributed by atoms with Gasteiger partial charge in [0.2, 0.25) is 21.8 Å². The second-order valence-electron chi connectivity index (χ2n) is 8.29. The monoisotopic (exact) mass is 557 g/mol. The van der Waals surface area contributed by atoms with Gasteiger partial charge in [-0.25, -0.2) is 8.42 Å². The van der Waals surface area contributed by atoms with Gasteiger partial charge in [0.1, 0.15) is 18.3 Å². The van der Waals surface area contributed by atoms with Crippen molar-refractivity contribution in [2.45, 2.75) is 46.2 Å². The van der Waals surface area contributed by atoms with Crippen molar-refractivity contribution >= 4 is 50.7 Å². The van der Waals surface area contributed by atoms with Gasteiger partial charge in [0, 0.05) is 13.1 Å². The van der Waals surface area contributed by atoms with Crippen LogP contribution in [-0.2, 0) is 26.2 Å². The van der Waals surface area contributed by atoms with Gasteiger partial charge < -0.3 is 15.0 Å². The summed E-state index contributed by atoms with van der Waals surface area (Å²) in [6.07, 6.45) is 2.74. The summed E-state index contributed by atoms with van der Waals surface area (Å²) in [4.78, 5) is 27.7. The number of sulfonamides is 1. The second-order valence-corrected chi connectivity index (χ2v) is 11.0. The zero-order valence-corrected chi connectivity index (χ0v) is 23.3. The van der Waals surface area contributed by atoms with Crippen molar-refractivity contribution < 1.29 is 22.7 Å². The zero-order chi connectivity index (χ0) is 26.9. The van der Waals surface area contributed by atoms with E-state index in [1.54, 1.807) is 49.4 Å². The molecule has 2 aromatic rings. The predicted molar refractivity (Wildman–Crippen MR) is 144 cm³/mol. The van der Waals surface area contributed by atoms with Crippen molar-refractivity contribution in [3.05, 3.63) is 58.1 Å². The predicted octanol–water partition coefficient (Wildman–Crippen LogP) is 4.49. The number of nitrogens with one attached hydrogen (secondary N) is 1. The van der Waals surface area contributed by atoms with Crippen molar-refractivity contribution in [3.63, 3.8) is 0 Å². The van der Waals surface area contributed by atoms with Gasteiger partial charge in [-0.15, -0.1) is 0 Å². The highest BCUT2D eigenvalue weighted by molar-refractivity contribution is 7.92. The Morgan fingerprint density at radius 1 is 1.06 bits per heavy atom. The molecule has 0 aliphatic rings. The maximum atomic E-state index is 13.5. The Bertz CT molecular complexity index is 1140. The van der Waals surface area contributed by atoms with Crippen LogP contribution in [0.4, 0.5) is 5.69 Å². The Morgan fingerprint density at radius 2 is 1.72 bits per heavy atom. The summed E-state index contributed by atoms with van der Waals surface area (Å²) in [7, 11) is -3.81. The number of hydrogen-bond donors (Lipinski definition) is 1. The SMILES string of the molecule is CCCCNC(=O)[C@H](C)N(Cc1ccc(Cl)c(Cl)c1)C(=O)CN(c1ccc(OCC)cc1)S(C)(=O)=O. The van der Waals surface area contributed by atoms with E-state index in [0.29, 0.717) is 40.2 Å². The average molecular weight is 559 g/mol. The van der Waals surface area contributed by atoms with Crippen LogP contribution in [0.3, 0.4) is 0 Å². The highest BCUT2D eigenvalue weighted by Crippen LogP contribution is 2.25. The van der Waals surface area contributed by atoms with Gasteiger partial charge in [0.15, 0.2) is 0 Å². The molecule has 0 aliphatic heterocycles. The van der Waals surface area contributed by atoms with Gasteiger partial charge in [0.25, 0.3) is 0 Å². The lowest BCUT2D eigenvalue weighted by Gasteiger charge is -2.31. The van der Waals surface area contributed by atoms with E-state index in [4.69, 9.17) is 27.9 Å². The van der Waals surface area contributed by atoms with E-state index in [-0.39, 0.29) is 12.5 Å². The largest absolute Gasteiger partial charge is 0.494 e. The van der Waals surface area contributed by atoms with E-state index in [0.717, 1.165) is 23.4 Å². The molecule has 2 rings (SSSR count). The first-order valence-electron chi connectivity index (χ1n) is 11.7. The molecule has 0 unspecified atom stereocenters. The Balaban J connectivity index is 2.35. The van der Waals surface area contributed by atoms with Crippen LogP contribution >= 0.6 is 23.2 Å². The van der Waals surface area contributed by atoms with Gasteiger partial charge in [-0.2, -0.15) is 0 Å². The van der Waals surface area contributed by atoms with E-state index >= 15 is 0 Å². The van der Waals surface area contributed by atoms with Crippen LogP contribution < -0.4 is 14.4 Å². The molecule has 8 nitrogen and oxygen atoms in total. The number of hydrogen-bond acceptors (Lipinski definition) is 5. The number of ether oxygens (including phenoxy) is 1. The number of amides is 2. The van der Waals surface area contributed by atoms with Crippen LogP contribution in [0.1, 0.15) is 39.2 Å². The van der Waals surface area contributed by atoms with Crippen molar-refractivity contribution in [3.8, 4) is 5.75 Å². The van der Waals surface area contributed by atoms with E-state index in [2.05, 4.69) is 5.32 Å². The molecule has 0 aliphatic carbocycles. The number of nitrogens with zero attached hydrogens (tertiary/aromatic N) is 2. The molecule has 0 spiro atoms. The van der Waals surface area contributed by atoms with Crippen molar-refractivity contribution in [1.82, 2.24) is 10.2 Å². The first-order chi connectivity index (χ1) is 17.0. The fourth-order valence-corrected chi connectivity index (χ4v) is 4.61. The average Bonchev–Trinajstić information content (AvgIpc) is 2.83. The lowest BCUT2D eigenvalue weighted by molar-refractivity contribution is -0.139. The molecule has 0 heterocycles. The Labute approximate surface area is 223 Å². The van der Waals surface area contributed by atoms with Gasteiger partial charge in [-0.1, -0.05) is 42.6 Å². The van der Waals surface area contributed by atoms with Crippen LogP contribution in [0.2, 0.25) is 10.0 Å². The third kappa shape index (κ3) is 8.57. The summed E-state index contributed by atoms with van der Waals surface area (Å²) in [5.41, 5.74) is 0.960. The second kappa shape index (κ2) is 13.7. The van der Waals surface area contributed by atoms with E-state index in [9.17, 15) is 18.0 Å². The van der Waals surface area contributed by atoms with E-state index in [1.807, 2.05) is 13.8 Å². The van der Waals surface area contributed by atoms with Crippen molar-refractivity contribution in [1.29, 1.82) is 0 Å². The minimum atomic E-state index is -3.81. The molecular weight excluding hydrogens is 525 g/mol. The van der Waals surface area contributed by atoms with E-state index in [1.165, 1.54) is 4.90 Å². The molecule has 0 aromatic heterocycles. The van der Waals surface area contributed by atoms with Crippen LogP contribution in [0.15, 0.2) is 42.5 Å². The molecule has 0 bridgehead atoms. The summed E-state index contributed by atoms with van der Waals surface area (Å²) >= 11 is 12.2. The number of unbranched alkanes of at least 4 members (excludes halogenated alkanes) is 1. The zero-order valence-electron chi connectivity index (χ0n) is 21.0. The summed E-state index contributed by atoms with van der Waals surface area (Å²) in [5.74, 6) is -0.290. The number of rotatable bonds is 13. The first-order valence-corrected chi connectivity index (χ1v) is 14.3. The summed E-state index contributed by atoms with van der Waals surface area (Å²) in [6.45, 7) is 5.97. The Hall–Kier alpha value is -2.49. The molecule has 1 N–H and O–H groups in total. The van der Waals surface area contributed by atoms with Gasteiger partial charge in [-0.3, -0.25) is 13.9 Å². The fraction of sp³-hybridized carbons (Fsp3) is 0.440. The molecule has 0 radical (unpaired) electrons. The Kier molecular flexibility index (Phi) is 11.3. The number of halogens is 2. The fourth-order valence-electron chi connectivity index (χ4n) is 3.44. The molecule has 0 fully saturated rings. The Morgan fingerprint density at radius 3 is 2.28 bits per heavy atom. The highest BCUT2D eigenvalue weighted by atomic mass is 35.5. The lowest BCUT2D eigenvalue weighted by Crippen LogP contribution is -2.51. The van der Waals surface area contributed by atoms with Gasteiger partial charge in [0.05, 0.1) is 28.6 Å². The van der Waals surface area contributed by atoms with Crippen molar-refractivity contribution in [2.24, 2.45) is 0 Å². The van der Waals surface area contributed by atoms with E-state index < -0.39 is 28.5 Å². The highest BCUT2D eigenvalue weighted by Gasteiger charge is 2.30. The standard InChI is InChI=1S/C25H33Cl2N3O5S/c1-5-7-14-28-25(32)18(3)29(16-19-8-13-22(26)23(27)15-19)24(31)17-30(36(4,33)34)20-9-11-21(12-10-20)35-6-2/h8-13,15,18H,5-7,14,16-17H2,1-4H3,(H,28,32)/t18-/m0/s1. The molecule has 1 atom stereocenters. The molecule has 0 saturated heterocycles. The smallest absolute Gasteiger partial charge is 0.244 e. The van der Waals surface area contributed by atoms with Crippen LogP contribution in [0, 0.1) is 0 Å². The molecule has 36 heavy (non-hydrogen) atoms. The molecular formula is C25H33Cl2N3O5S. The first kappa shape index (κ1) is 29.7. The van der Waals surface area contributed by atoms with Crippen LogP contribution in [0.5, 0.6) is 5.75 Å². The maximum Gasteiger partial charge on any atom is 0.244 e. The number of benzene rings is 2. The van der Waals surface area contributed by atoms with Crippen molar-refractivity contribution in [2.75, 3.05) is 30.3 Å². The molecule has 198 valence electrons. The van der Waals surface area contributed by atoms with Gasteiger partial charge >= 0.3 is 0 Å². The topological polar surface area (TPSA) is 96.0 Å². The third-order valence-electron chi connectivity index (χ3n) is 5.45. The van der Waals surface area contributed by atoms with Gasteiger partial charge in [-0.05, 0) is 62.2 Å². The maximum absolute atomic E-state index is 13.5. The summed E-state index contributed by atoms with van der Waals surface area (Å²) in [6, 6.07) is 10.5. The van der Waals surface area contributed by atoms with Crippen LogP contribution in [-0.4, -0.2) is 57.1 Å². The lowest BCUT2D eigenvalue weighted by atomic mass is 10.1.